The molecule has 0 aliphatic heterocycles. The number of nitrogens with one attached hydrogen (secondary N) is 1. The Morgan fingerprint density at radius 2 is 2.00 bits per heavy atom. The Bertz CT molecular complexity index is 553. The van der Waals surface area contributed by atoms with Gasteiger partial charge >= 0.3 is 0 Å². The maximum absolute atomic E-state index is 5.10. The Kier molecular flexibility index (Phi) is 3.28. The van der Waals surface area contributed by atoms with Crippen LogP contribution in [0.3, 0.4) is 0 Å². The number of aryl methyl sites for hydroxylation is 1. The molecule has 0 aliphatic rings. The summed E-state index contributed by atoms with van der Waals surface area (Å²) in [4.78, 5) is 2.01. The minimum Gasteiger partial charge on any atom is -0.314 e. The molecule has 0 atom stereocenters. The van der Waals surface area contributed by atoms with E-state index in [9.17, 15) is 0 Å². The molecular weight excluding hydrogens is 232 g/mol. The second-order valence-electron chi connectivity index (χ2n) is 3.97. The quantitative estimate of drug-likeness (QED) is 0.849. The zero-order chi connectivity index (χ0) is 12.4. The number of nitrogens with zero attached hydrogens (tertiary/aromatic N) is 3. The molecule has 0 fully saturated rings. The summed E-state index contributed by atoms with van der Waals surface area (Å²) in [5.41, 5.74) is 2.43. The van der Waals surface area contributed by atoms with Gasteiger partial charge in [-0.2, -0.15) is 0 Å². The molecule has 2 rings (SSSR count). The molecule has 90 valence electrons. The molecule has 0 aliphatic carbocycles. The number of hydrogen-bond acceptors (Lipinski definition) is 3. The average Bonchev–Trinajstić information content (AvgIpc) is 2.69. The molecule has 0 amide bonds. The molecule has 1 N–H and O–H groups in total. The van der Waals surface area contributed by atoms with Crippen LogP contribution >= 0.6 is 12.2 Å². The Balaban J connectivity index is 2.33. The zero-order valence-corrected chi connectivity index (χ0v) is 11.1. The van der Waals surface area contributed by atoms with Gasteiger partial charge in [0, 0.05) is 19.8 Å². The van der Waals surface area contributed by atoms with Crippen LogP contribution in [0.1, 0.15) is 12.5 Å². The van der Waals surface area contributed by atoms with E-state index in [4.69, 9.17) is 12.2 Å². The van der Waals surface area contributed by atoms with E-state index in [2.05, 4.69) is 41.4 Å². The first-order valence-electron chi connectivity index (χ1n) is 5.57. The summed E-state index contributed by atoms with van der Waals surface area (Å²) in [6.45, 7) is 2.15. The van der Waals surface area contributed by atoms with E-state index in [0.717, 1.165) is 18.1 Å². The predicted molar refractivity (Wildman–Crippen MR) is 72.3 cm³/mol. The number of hydrogen-bond donors (Lipinski definition) is 1. The summed E-state index contributed by atoms with van der Waals surface area (Å²) < 4.78 is 2.47. The Hall–Kier alpha value is -1.62. The molecule has 0 bridgehead atoms. The van der Waals surface area contributed by atoms with Gasteiger partial charge in [0.1, 0.15) is 0 Å². The van der Waals surface area contributed by atoms with Crippen LogP contribution in [0.25, 0.3) is 0 Å². The lowest BCUT2D eigenvalue weighted by Gasteiger charge is -2.17. The Labute approximate surface area is 106 Å². The first kappa shape index (κ1) is 11.9. The number of anilines is 2. The number of rotatable bonds is 3. The van der Waals surface area contributed by atoms with Crippen LogP contribution in [-0.2, 0) is 13.5 Å². The van der Waals surface area contributed by atoms with Gasteiger partial charge in [-0.25, -0.2) is 5.10 Å². The van der Waals surface area contributed by atoms with Crippen molar-refractivity contribution < 1.29 is 0 Å². The summed E-state index contributed by atoms with van der Waals surface area (Å²) in [6.07, 6.45) is 1.05. The van der Waals surface area contributed by atoms with Crippen molar-refractivity contribution in [2.24, 2.45) is 7.05 Å². The maximum atomic E-state index is 5.10. The van der Waals surface area contributed by atoms with E-state index in [1.807, 2.05) is 23.6 Å². The van der Waals surface area contributed by atoms with Crippen LogP contribution in [0.15, 0.2) is 24.3 Å². The predicted octanol–water partition coefficient (Wildman–Crippen LogP) is 2.81. The lowest BCUT2D eigenvalue weighted by molar-refractivity contribution is 0.871. The molecule has 0 radical (unpaired) electrons. The number of aromatic nitrogens is 3. The highest BCUT2D eigenvalue weighted by molar-refractivity contribution is 7.71. The highest BCUT2D eigenvalue weighted by atomic mass is 32.1. The average molecular weight is 248 g/mol. The van der Waals surface area contributed by atoms with E-state index < -0.39 is 0 Å². The van der Waals surface area contributed by atoms with Crippen molar-refractivity contribution >= 4 is 23.9 Å². The SMILES string of the molecule is CCc1ccc(N(C)c2n[nH]c(=S)n2C)cc1. The summed E-state index contributed by atoms with van der Waals surface area (Å²) in [7, 11) is 3.88. The van der Waals surface area contributed by atoms with E-state index in [-0.39, 0.29) is 0 Å². The molecule has 5 heteroatoms. The van der Waals surface area contributed by atoms with Crippen LogP contribution in [-0.4, -0.2) is 21.8 Å². The van der Waals surface area contributed by atoms with Crippen molar-refractivity contribution in [1.82, 2.24) is 14.8 Å². The first-order chi connectivity index (χ1) is 8.13. The van der Waals surface area contributed by atoms with Crippen molar-refractivity contribution in [2.75, 3.05) is 11.9 Å². The van der Waals surface area contributed by atoms with E-state index in [1.54, 1.807) is 0 Å². The van der Waals surface area contributed by atoms with Crippen LogP contribution in [0.2, 0.25) is 0 Å². The molecule has 4 nitrogen and oxygen atoms in total. The Morgan fingerprint density at radius 1 is 1.35 bits per heavy atom. The lowest BCUT2D eigenvalue weighted by Crippen LogP contribution is -2.14. The van der Waals surface area contributed by atoms with Gasteiger partial charge in [0.15, 0.2) is 4.77 Å². The fraction of sp³-hybridized carbons (Fsp3) is 0.333. The molecule has 1 aromatic carbocycles. The highest BCUT2D eigenvalue weighted by Gasteiger charge is 2.09. The molecule has 0 saturated carbocycles. The van der Waals surface area contributed by atoms with Gasteiger partial charge in [-0.15, -0.1) is 5.10 Å². The van der Waals surface area contributed by atoms with Crippen molar-refractivity contribution in [2.45, 2.75) is 13.3 Å². The van der Waals surface area contributed by atoms with E-state index in [0.29, 0.717) is 4.77 Å². The van der Waals surface area contributed by atoms with Crippen molar-refractivity contribution in [3.05, 3.63) is 34.6 Å². The Morgan fingerprint density at radius 3 is 2.47 bits per heavy atom. The highest BCUT2D eigenvalue weighted by Crippen LogP contribution is 2.21. The standard InChI is InChI=1S/C12H16N4S/c1-4-9-5-7-10(8-6-9)15(2)11-13-14-12(17)16(11)3/h5-8H,4H2,1-3H3,(H,14,17). The summed E-state index contributed by atoms with van der Waals surface area (Å²) >= 11 is 5.10. The number of benzene rings is 1. The normalized spacial score (nSPS) is 10.5. The number of H-pyrrole nitrogens is 1. The second kappa shape index (κ2) is 4.71. The van der Waals surface area contributed by atoms with Gasteiger partial charge in [0.25, 0.3) is 0 Å². The first-order valence-corrected chi connectivity index (χ1v) is 5.98. The van der Waals surface area contributed by atoms with Gasteiger partial charge in [0.05, 0.1) is 0 Å². The van der Waals surface area contributed by atoms with Gasteiger partial charge in [0.2, 0.25) is 5.95 Å². The van der Waals surface area contributed by atoms with Crippen LogP contribution < -0.4 is 4.90 Å². The zero-order valence-electron chi connectivity index (χ0n) is 10.3. The monoisotopic (exact) mass is 248 g/mol. The molecule has 1 heterocycles. The fourth-order valence-corrected chi connectivity index (χ4v) is 1.84. The largest absolute Gasteiger partial charge is 0.314 e. The second-order valence-corrected chi connectivity index (χ2v) is 4.35. The topological polar surface area (TPSA) is 36.9 Å². The minimum absolute atomic E-state index is 0.622. The smallest absolute Gasteiger partial charge is 0.229 e. The molecule has 17 heavy (non-hydrogen) atoms. The summed E-state index contributed by atoms with van der Waals surface area (Å²) in [5.74, 6) is 0.805. The van der Waals surface area contributed by atoms with Crippen molar-refractivity contribution in [3.63, 3.8) is 0 Å². The summed E-state index contributed by atoms with van der Waals surface area (Å²) in [6, 6.07) is 8.45. The van der Waals surface area contributed by atoms with Crippen LogP contribution in [0.4, 0.5) is 11.6 Å². The van der Waals surface area contributed by atoms with Gasteiger partial charge < -0.3 is 4.90 Å². The minimum atomic E-state index is 0.622. The molecule has 2 aromatic rings. The maximum Gasteiger partial charge on any atom is 0.229 e. The number of aromatic amines is 1. The van der Waals surface area contributed by atoms with Gasteiger partial charge in [-0.05, 0) is 36.3 Å². The van der Waals surface area contributed by atoms with Crippen LogP contribution in [0, 0.1) is 4.77 Å². The molecule has 0 unspecified atom stereocenters. The molecule has 0 spiro atoms. The molecule has 0 saturated heterocycles. The third kappa shape index (κ3) is 2.24. The lowest BCUT2D eigenvalue weighted by atomic mass is 10.1. The molecule has 1 aromatic heterocycles. The summed E-state index contributed by atoms with van der Waals surface area (Å²) in [5, 5.41) is 6.99. The van der Waals surface area contributed by atoms with Crippen molar-refractivity contribution in [1.29, 1.82) is 0 Å². The van der Waals surface area contributed by atoms with E-state index >= 15 is 0 Å². The fourth-order valence-electron chi connectivity index (χ4n) is 1.71. The third-order valence-electron chi connectivity index (χ3n) is 2.89. The van der Waals surface area contributed by atoms with Crippen LogP contribution in [0.5, 0.6) is 0 Å². The third-order valence-corrected chi connectivity index (χ3v) is 3.25. The van der Waals surface area contributed by atoms with E-state index in [1.165, 1.54) is 5.56 Å². The van der Waals surface area contributed by atoms with Crippen molar-refractivity contribution in [3.8, 4) is 0 Å². The molecular formula is C12H16N4S. The van der Waals surface area contributed by atoms with Gasteiger partial charge in [-0.3, -0.25) is 4.57 Å². The van der Waals surface area contributed by atoms with Gasteiger partial charge in [-0.1, -0.05) is 19.1 Å².